The number of unbranched alkanes of at least 4 members (excludes halogenated alkanes) is 2. The Balaban J connectivity index is 0.00000289. The van der Waals surface area contributed by atoms with Gasteiger partial charge in [0.25, 0.3) is 0 Å². The number of rotatable bonds is 5. The molecule has 1 rings (SSSR count). The third-order valence-corrected chi connectivity index (χ3v) is 2.78. The number of hydrogen-bond donors (Lipinski definition) is 1. The number of hydrogen-bond acceptors (Lipinski definition) is 1. The summed E-state index contributed by atoms with van der Waals surface area (Å²) in [6, 6.07) is 4.96. The summed E-state index contributed by atoms with van der Waals surface area (Å²) in [6.45, 7) is 2.10. The third-order valence-electron chi connectivity index (χ3n) is 2.78. The average molecular weight is 282 g/mol. The van der Waals surface area contributed by atoms with E-state index in [4.69, 9.17) is 5.73 Å². The van der Waals surface area contributed by atoms with Crippen LogP contribution in [0.2, 0.25) is 0 Å². The van der Waals surface area contributed by atoms with Gasteiger partial charge in [-0.25, -0.2) is 0 Å². The minimum atomic E-state index is -4.27. The number of alkyl halides is 3. The highest BCUT2D eigenvalue weighted by Gasteiger charge is 2.30. The van der Waals surface area contributed by atoms with Gasteiger partial charge in [0.05, 0.1) is 5.56 Å². The van der Waals surface area contributed by atoms with Crippen molar-refractivity contribution in [1.82, 2.24) is 0 Å². The zero-order chi connectivity index (χ0) is 12.9. The quantitative estimate of drug-likeness (QED) is 0.777. The lowest BCUT2D eigenvalue weighted by Crippen LogP contribution is -2.11. The summed E-state index contributed by atoms with van der Waals surface area (Å²) in [5.41, 5.74) is 6.06. The van der Waals surface area contributed by atoms with E-state index in [9.17, 15) is 13.2 Å². The second-order valence-electron chi connectivity index (χ2n) is 4.22. The van der Waals surface area contributed by atoms with E-state index in [2.05, 4.69) is 6.92 Å². The predicted octanol–water partition coefficient (Wildman–Crippen LogP) is 4.71. The van der Waals surface area contributed by atoms with Crippen molar-refractivity contribution in [2.45, 2.75) is 44.8 Å². The van der Waals surface area contributed by atoms with E-state index in [1.807, 2.05) is 0 Å². The first-order valence-corrected chi connectivity index (χ1v) is 5.88. The molecule has 0 aliphatic rings. The Hall–Kier alpha value is -0.740. The van der Waals surface area contributed by atoms with E-state index in [0.717, 1.165) is 43.4 Å². The van der Waals surface area contributed by atoms with Crippen LogP contribution in [0.1, 0.15) is 49.8 Å². The van der Waals surface area contributed by atoms with Gasteiger partial charge in [-0.2, -0.15) is 13.2 Å². The van der Waals surface area contributed by atoms with Crippen molar-refractivity contribution in [2.24, 2.45) is 5.73 Å². The molecule has 104 valence electrons. The van der Waals surface area contributed by atoms with Crippen molar-refractivity contribution in [3.63, 3.8) is 0 Å². The molecule has 0 aromatic heterocycles. The van der Waals surface area contributed by atoms with Crippen molar-refractivity contribution < 1.29 is 13.2 Å². The van der Waals surface area contributed by atoms with Gasteiger partial charge in [0.1, 0.15) is 0 Å². The van der Waals surface area contributed by atoms with Crippen molar-refractivity contribution in [3.8, 4) is 0 Å². The molecule has 1 atom stereocenters. The molecule has 0 unspecified atom stereocenters. The SMILES string of the molecule is CCCCC[C@H](N)c1ccc(C(F)(F)F)cc1.Cl. The Kier molecular flexibility index (Phi) is 7.33. The van der Waals surface area contributed by atoms with Crippen LogP contribution >= 0.6 is 12.4 Å². The predicted molar refractivity (Wildman–Crippen MR) is 69.8 cm³/mol. The fourth-order valence-corrected chi connectivity index (χ4v) is 1.70. The lowest BCUT2D eigenvalue weighted by Gasteiger charge is -2.13. The molecule has 18 heavy (non-hydrogen) atoms. The topological polar surface area (TPSA) is 26.0 Å². The number of nitrogens with two attached hydrogens (primary N) is 1. The summed E-state index contributed by atoms with van der Waals surface area (Å²) < 4.78 is 37.0. The van der Waals surface area contributed by atoms with E-state index >= 15 is 0 Å². The molecule has 0 aliphatic carbocycles. The molecule has 0 heterocycles. The summed E-state index contributed by atoms with van der Waals surface area (Å²) in [7, 11) is 0. The standard InChI is InChI=1S/C13H18F3N.ClH/c1-2-3-4-5-12(17)10-6-8-11(9-7-10)13(14,15)16;/h6-9,12H,2-5,17H2,1H3;1H/t12-;/m0./s1. The fourth-order valence-electron chi connectivity index (χ4n) is 1.70. The minimum absolute atomic E-state index is 0. The molecule has 0 amide bonds. The van der Waals surface area contributed by atoms with Crippen LogP contribution in [0.15, 0.2) is 24.3 Å². The van der Waals surface area contributed by atoms with E-state index in [-0.39, 0.29) is 18.4 Å². The molecule has 0 aliphatic heterocycles. The largest absolute Gasteiger partial charge is 0.416 e. The third kappa shape index (κ3) is 5.27. The van der Waals surface area contributed by atoms with Crippen LogP contribution in [0.25, 0.3) is 0 Å². The summed E-state index contributed by atoms with van der Waals surface area (Å²) in [4.78, 5) is 0. The van der Waals surface area contributed by atoms with Crippen molar-refractivity contribution in [3.05, 3.63) is 35.4 Å². The van der Waals surface area contributed by atoms with Gasteiger partial charge >= 0.3 is 6.18 Å². The van der Waals surface area contributed by atoms with Gasteiger partial charge in [0, 0.05) is 6.04 Å². The molecule has 0 radical (unpaired) electrons. The first-order chi connectivity index (χ1) is 7.95. The maximum absolute atomic E-state index is 12.3. The Labute approximate surface area is 112 Å². The first-order valence-electron chi connectivity index (χ1n) is 5.88. The van der Waals surface area contributed by atoms with Gasteiger partial charge in [-0.05, 0) is 24.1 Å². The lowest BCUT2D eigenvalue weighted by atomic mass is 10.00. The van der Waals surface area contributed by atoms with E-state index in [1.54, 1.807) is 0 Å². The highest BCUT2D eigenvalue weighted by molar-refractivity contribution is 5.85. The van der Waals surface area contributed by atoms with Crippen LogP contribution in [0.5, 0.6) is 0 Å². The molecular formula is C13H19ClF3N. The molecule has 1 aromatic rings. The molecule has 1 aromatic carbocycles. The summed E-state index contributed by atoms with van der Waals surface area (Å²) in [5.74, 6) is 0. The fraction of sp³-hybridized carbons (Fsp3) is 0.538. The Morgan fingerprint density at radius 2 is 1.67 bits per heavy atom. The molecule has 0 fully saturated rings. The van der Waals surface area contributed by atoms with Crippen LogP contribution in [0.3, 0.4) is 0 Å². The van der Waals surface area contributed by atoms with Crippen molar-refractivity contribution >= 4 is 12.4 Å². The molecule has 0 saturated carbocycles. The normalized spacial score (nSPS) is 12.9. The summed E-state index contributed by atoms with van der Waals surface area (Å²) >= 11 is 0. The maximum atomic E-state index is 12.3. The van der Waals surface area contributed by atoms with Gasteiger partial charge in [-0.3, -0.25) is 0 Å². The monoisotopic (exact) mass is 281 g/mol. The molecule has 2 N–H and O–H groups in total. The maximum Gasteiger partial charge on any atom is 0.416 e. The van der Waals surface area contributed by atoms with Crippen LogP contribution in [-0.2, 0) is 6.18 Å². The van der Waals surface area contributed by atoms with Crippen molar-refractivity contribution in [1.29, 1.82) is 0 Å². The molecule has 0 spiro atoms. The Morgan fingerprint density at radius 1 is 1.11 bits per heavy atom. The second-order valence-corrected chi connectivity index (χ2v) is 4.22. The number of benzene rings is 1. The van der Waals surface area contributed by atoms with E-state index in [1.165, 1.54) is 12.1 Å². The highest BCUT2D eigenvalue weighted by Crippen LogP contribution is 2.30. The van der Waals surface area contributed by atoms with E-state index in [0.29, 0.717) is 0 Å². The molecule has 0 bridgehead atoms. The van der Waals surface area contributed by atoms with E-state index < -0.39 is 11.7 Å². The van der Waals surface area contributed by atoms with Crippen LogP contribution in [0, 0.1) is 0 Å². The van der Waals surface area contributed by atoms with Gasteiger partial charge in [0.15, 0.2) is 0 Å². The summed E-state index contributed by atoms with van der Waals surface area (Å²) in [6.07, 6.45) is -0.225. The van der Waals surface area contributed by atoms with Crippen LogP contribution < -0.4 is 5.73 Å². The molecular weight excluding hydrogens is 263 g/mol. The molecule has 0 saturated heterocycles. The average Bonchev–Trinajstić information content (AvgIpc) is 2.28. The smallest absolute Gasteiger partial charge is 0.324 e. The molecule has 1 nitrogen and oxygen atoms in total. The second kappa shape index (κ2) is 7.64. The highest BCUT2D eigenvalue weighted by atomic mass is 35.5. The first kappa shape index (κ1) is 17.3. The van der Waals surface area contributed by atoms with Gasteiger partial charge in [-0.1, -0.05) is 38.3 Å². The summed E-state index contributed by atoms with van der Waals surface area (Å²) in [5, 5.41) is 0. The van der Waals surface area contributed by atoms with Gasteiger partial charge in [0.2, 0.25) is 0 Å². The van der Waals surface area contributed by atoms with Crippen molar-refractivity contribution in [2.75, 3.05) is 0 Å². The van der Waals surface area contributed by atoms with Crippen LogP contribution in [-0.4, -0.2) is 0 Å². The zero-order valence-corrected chi connectivity index (χ0v) is 11.2. The minimum Gasteiger partial charge on any atom is -0.324 e. The molecule has 5 heteroatoms. The zero-order valence-electron chi connectivity index (χ0n) is 10.3. The Bertz CT molecular complexity index is 335. The number of halogens is 4. The van der Waals surface area contributed by atoms with Gasteiger partial charge < -0.3 is 5.73 Å². The van der Waals surface area contributed by atoms with Crippen LogP contribution in [0.4, 0.5) is 13.2 Å². The lowest BCUT2D eigenvalue weighted by molar-refractivity contribution is -0.137. The Morgan fingerprint density at radius 3 is 2.11 bits per heavy atom. The van der Waals surface area contributed by atoms with Gasteiger partial charge in [-0.15, -0.1) is 12.4 Å².